The normalized spacial score (nSPS) is 21.9. The van der Waals surface area contributed by atoms with Crippen LogP contribution in [0.15, 0.2) is 24.3 Å². The van der Waals surface area contributed by atoms with E-state index >= 15 is 0 Å². The Morgan fingerprint density at radius 3 is 2.82 bits per heavy atom. The summed E-state index contributed by atoms with van der Waals surface area (Å²) in [5, 5.41) is 7.87. The molecule has 1 aliphatic carbocycles. The smallest absolute Gasteiger partial charge is 0.218 e. The van der Waals surface area contributed by atoms with Gasteiger partial charge in [-0.05, 0) is 29.9 Å². The molecule has 1 aliphatic heterocycles. The van der Waals surface area contributed by atoms with Gasteiger partial charge in [-0.25, -0.2) is 17.7 Å². The number of hydrogen-bond donors (Lipinski definition) is 1. The molecule has 1 unspecified atom stereocenters. The number of H-pyrrole nitrogens is 1. The molecular formula is C19H25ClN4O3S. The van der Waals surface area contributed by atoms with Crippen molar-refractivity contribution in [2.45, 2.75) is 37.4 Å². The Morgan fingerprint density at radius 1 is 1.36 bits per heavy atom. The van der Waals surface area contributed by atoms with Crippen molar-refractivity contribution in [1.29, 1.82) is 0 Å². The van der Waals surface area contributed by atoms with Gasteiger partial charge in [0, 0.05) is 37.6 Å². The van der Waals surface area contributed by atoms with Gasteiger partial charge in [-0.3, -0.25) is 5.10 Å². The van der Waals surface area contributed by atoms with Crippen LogP contribution >= 0.6 is 11.6 Å². The van der Waals surface area contributed by atoms with Gasteiger partial charge in [0.15, 0.2) is 5.82 Å². The molecule has 2 fully saturated rings. The van der Waals surface area contributed by atoms with E-state index in [0.717, 1.165) is 30.9 Å². The Kier molecular flexibility index (Phi) is 5.48. The molecule has 2 aromatic rings. The first-order valence-electron chi connectivity index (χ1n) is 9.55. The molecule has 7 nitrogen and oxygen atoms in total. The fraction of sp³-hybridized carbons (Fsp3) is 0.579. The minimum Gasteiger partial charge on any atom is -0.384 e. The van der Waals surface area contributed by atoms with Crippen molar-refractivity contribution in [3.63, 3.8) is 0 Å². The van der Waals surface area contributed by atoms with Crippen LogP contribution in [0.4, 0.5) is 0 Å². The van der Waals surface area contributed by atoms with Crippen molar-refractivity contribution in [1.82, 2.24) is 19.5 Å². The number of aromatic amines is 1. The van der Waals surface area contributed by atoms with Gasteiger partial charge in [-0.2, -0.15) is 5.10 Å². The van der Waals surface area contributed by atoms with Crippen molar-refractivity contribution < 1.29 is 13.2 Å². The van der Waals surface area contributed by atoms with Gasteiger partial charge in [0.05, 0.1) is 12.4 Å². The van der Waals surface area contributed by atoms with Crippen molar-refractivity contribution in [2.75, 3.05) is 26.8 Å². The van der Waals surface area contributed by atoms with Crippen LogP contribution in [0.3, 0.4) is 0 Å². The van der Waals surface area contributed by atoms with E-state index in [9.17, 15) is 8.42 Å². The van der Waals surface area contributed by atoms with Crippen LogP contribution in [0.1, 0.15) is 42.4 Å². The third-order valence-electron chi connectivity index (χ3n) is 6.06. The first-order valence-corrected chi connectivity index (χ1v) is 11.5. The number of aromatic nitrogens is 3. The summed E-state index contributed by atoms with van der Waals surface area (Å²) in [5.41, 5.74) is 0.587. The molecule has 1 aromatic heterocycles. The standard InChI is InChI=1S/C19H25ClN4O3S/c1-27-10-7-17-21-18(23-22-17)15-11-24(13-19(15)8-4-9-19)28(25,26)12-14-5-2-3-6-16(14)20/h2-3,5-6,15H,4,7-13H2,1H3,(H,21,22,23). The lowest BCUT2D eigenvalue weighted by Crippen LogP contribution is -2.38. The molecule has 1 aromatic carbocycles. The van der Waals surface area contributed by atoms with E-state index in [1.165, 1.54) is 0 Å². The second kappa shape index (κ2) is 7.74. The third kappa shape index (κ3) is 3.70. The van der Waals surface area contributed by atoms with Crippen LogP contribution in [0.5, 0.6) is 0 Å². The predicted octanol–water partition coefficient (Wildman–Crippen LogP) is 2.75. The maximum atomic E-state index is 13.1. The van der Waals surface area contributed by atoms with E-state index in [4.69, 9.17) is 16.3 Å². The highest BCUT2D eigenvalue weighted by atomic mass is 35.5. The van der Waals surface area contributed by atoms with Gasteiger partial charge < -0.3 is 4.74 Å². The molecule has 0 radical (unpaired) electrons. The van der Waals surface area contributed by atoms with Gasteiger partial charge in [0.1, 0.15) is 5.82 Å². The van der Waals surface area contributed by atoms with E-state index < -0.39 is 10.0 Å². The minimum atomic E-state index is -3.47. The topological polar surface area (TPSA) is 88.2 Å². The second-order valence-corrected chi connectivity index (χ2v) is 10.2. The Labute approximate surface area is 170 Å². The average Bonchev–Trinajstić information content (AvgIpc) is 3.26. The predicted molar refractivity (Wildman–Crippen MR) is 107 cm³/mol. The molecule has 2 aliphatic rings. The summed E-state index contributed by atoms with van der Waals surface area (Å²) >= 11 is 6.18. The van der Waals surface area contributed by atoms with Crippen LogP contribution in [-0.4, -0.2) is 54.7 Å². The lowest BCUT2D eigenvalue weighted by atomic mass is 9.62. The average molecular weight is 425 g/mol. The molecular weight excluding hydrogens is 400 g/mol. The molecule has 1 N–H and O–H groups in total. The number of rotatable bonds is 7. The van der Waals surface area contributed by atoms with Crippen molar-refractivity contribution in [3.05, 3.63) is 46.5 Å². The maximum absolute atomic E-state index is 13.1. The number of methoxy groups -OCH3 is 1. The van der Waals surface area contributed by atoms with Crippen LogP contribution in [0.2, 0.25) is 5.02 Å². The minimum absolute atomic E-state index is 0.0230. The van der Waals surface area contributed by atoms with E-state index in [1.54, 1.807) is 29.6 Å². The summed E-state index contributed by atoms with van der Waals surface area (Å²) in [6, 6.07) is 7.11. The molecule has 1 saturated carbocycles. The fourth-order valence-electron chi connectivity index (χ4n) is 4.31. The number of hydrogen-bond acceptors (Lipinski definition) is 5. The summed E-state index contributed by atoms with van der Waals surface area (Å²) in [5.74, 6) is 1.45. The Hall–Kier alpha value is -1.48. The molecule has 152 valence electrons. The first-order chi connectivity index (χ1) is 13.4. The van der Waals surface area contributed by atoms with Crippen LogP contribution in [0, 0.1) is 5.41 Å². The summed E-state index contributed by atoms with van der Waals surface area (Å²) in [4.78, 5) is 4.63. The molecule has 1 atom stereocenters. The summed E-state index contributed by atoms with van der Waals surface area (Å²) in [6.45, 7) is 1.53. The molecule has 1 saturated heterocycles. The maximum Gasteiger partial charge on any atom is 0.218 e. The van der Waals surface area contributed by atoms with Crippen LogP contribution in [0.25, 0.3) is 0 Å². The SMILES string of the molecule is COCCc1nc(C2CN(S(=O)(=O)Cc3ccccc3Cl)CC23CCC3)n[nH]1. The van der Waals surface area contributed by atoms with E-state index in [2.05, 4.69) is 15.2 Å². The Bertz CT molecular complexity index is 942. The molecule has 0 amide bonds. The highest BCUT2D eigenvalue weighted by Crippen LogP contribution is 2.55. The molecule has 28 heavy (non-hydrogen) atoms. The molecule has 9 heteroatoms. The van der Waals surface area contributed by atoms with E-state index in [-0.39, 0.29) is 17.1 Å². The summed E-state index contributed by atoms with van der Waals surface area (Å²) < 4.78 is 32.9. The summed E-state index contributed by atoms with van der Waals surface area (Å²) in [7, 11) is -1.82. The molecule has 4 rings (SSSR count). The molecule has 2 heterocycles. The largest absolute Gasteiger partial charge is 0.384 e. The van der Waals surface area contributed by atoms with E-state index in [0.29, 0.717) is 36.7 Å². The number of nitrogens with one attached hydrogen (secondary N) is 1. The van der Waals surface area contributed by atoms with Crippen molar-refractivity contribution >= 4 is 21.6 Å². The van der Waals surface area contributed by atoms with Gasteiger partial charge in [0.2, 0.25) is 10.0 Å². The Morgan fingerprint density at radius 2 is 2.14 bits per heavy atom. The van der Waals surface area contributed by atoms with Crippen LogP contribution < -0.4 is 0 Å². The summed E-state index contributed by atoms with van der Waals surface area (Å²) in [6.07, 6.45) is 3.81. The van der Waals surface area contributed by atoms with Crippen LogP contribution in [-0.2, 0) is 26.9 Å². The Balaban J connectivity index is 1.54. The quantitative estimate of drug-likeness (QED) is 0.738. The number of nitrogens with zero attached hydrogens (tertiary/aromatic N) is 3. The zero-order chi connectivity index (χ0) is 19.8. The first kappa shape index (κ1) is 19.8. The van der Waals surface area contributed by atoms with Gasteiger partial charge in [-0.15, -0.1) is 0 Å². The van der Waals surface area contributed by atoms with Gasteiger partial charge in [-0.1, -0.05) is 36.2 Å². The number of ether oxygens (including phenoxy) is 1. The lowest BCUT2D eigenvalue weighted by Gasteiger charge is -2.41. The lowest BCUT2D eigenvalue weighted by molar-refractivity contribution is 0.127. The second-order valence-electron chi connectivity index (χ2n) is 7.79. The zero-order valence-corrected chi connectivity index (χ0v) is 17.5. The van der Waals surface area contributed by atoms with Gasteiger partial charge >= 0.3 is 0 Å². The van der Waals surface area contributed by atoms with E-state index in [1.807, 2.05) is 6.07 Å². The molecule has 1 spiro atoms. The third-order valence-corrected chi connectivity index (χ3v) is 8.17. The zero-order valence-electron chi connectivity index (χ0n) is 15.9. The highest BCUT2D eigenvalue weighted by molar-refractivity contribution is 7.88. The van der Waals surface area contributed by atoms with Gasteiger partial charge in [0.25, 0.3) is 0 Å². The fourth-order valence-corrected chi connectivity index (χ4v) is 6.25. The molecule has 0 bridgehead atoms. The monoisotopic (exact) mass is 424 g/mol. The van der Waals surface area contributed by atoms with Crippen molar-refractivity contribution in [2.24, 2.45) is 5.41 Å². The number of sulfonamides is 1. The number of benzene rings is 1. The highest BCUT2D eigenvalue weighted by Gasteiger charge is 2.54. The van der Waals surface area contributed by atoms with Crippen molar-refractivity contribution in [3.8, 4) is 0 Å². The number of halogens is 1.